The molecule has 1 fully saturated rings. The largest absolute Gasteiger partial charge is 0.378 e. The van der Waals surface area contributed by atoms with E-state index in [4.69, 9.17) is 4.18 Å². The molecule has 4 rings (SSSR count). The van der Waals surface area contributed by atoms with Crippen LogP contribution in [0.5, 0.6) is 5.75 Å². The van der Waals surface area contributed by atoms with Gasteiger partial charge in [-0.2, -0.15) is 8.42 Å². The van der Waals surface area contributed by atoms with Gasteiger partial charge in [-0.3, -0.25) is 4.79 Å². The molecule has 1 saturated heterocycles. The summed E-state index contributed by atoms with van der Waals surface area (Å²) in [6.45, 7) is 1.87. The number of amidine groups is 1. The fraction of sp³-hybridized carbons (Fsp3) is 0.0435. The molecule has 0 saturated carbocycles. The number of rotatable bonds is 5. The van der Waals surface area contributed by atoms with E-state index in [-0.39, 0.29) is 16.6 Å². The number of amides is 1. The number of thioether (sulfide) groups is 1. The third-order valence-corrected chi connectivity index (χ3v) is 7.85. The molecule has 3 aromatic rings. The first-order valence-corrected chi connectivity index (χ1v) is 13.7. The number of halogens is 2. The standard InChI is InChI=1S/C23H16BrIN2O4S2/c1-14-2-9-19(10-3-14)33(29,30)31-20-11-4-16(24)12-15(20)13-21-22(28)27-23(32-21)26-18-7-5-17(25)6-8-18/h2-13H,1H3,(H,26,27,28)/b21-13+. The number of benzene rings is 3. The third-order valence-electron chi connectivity index (χ3n) is 4.48. The zero-order valence-electron chi connectivity index (χ0n) is 17.1. The van der Waals surface area contributed by atoms with E-state index in [1.54, 1.807) is 36.4 Å². The molecular formula is C23H16BrIN2O4S2. The first-order chi connectivity index (χ1) is 15.7. The first kappa shape index (κ1) is 24.0. The summed E-state index contributed by atoms with van der Waals surface area (Å²) in [5, 5.41) is 3.18. The molecule has 3 aromatic carbocycles. The van der Waals surface area contributed by atoms with Gasteiger partial charge in [-0.15, -0.1) is 0 Å². The fourth-order valence-corrected chi connectivity index (χ4v) is 5.36. The molecule has 10 heteroatoms. The number of nitrogens with zero attached hydrogens (tertiary/aromatic N) is 1. The van der Waals surface area contributed by atoms with Crippen molar-refractivity contribution >= 4 is 83.2 Å². The summed E-state index contributed by atoms with van der Waals surface area (Å²) in [4.78, 5) is 17.4. The van der Waals surface area contributed by atoms with E-state index in [1.165, 1.54) is 23.9 Å². The topological polar surface area (TPSA) is 84.8 Å². The normalized spacial score (nSPS) is 16.3. The molecule has 33 heavy (non-hydrogen) atoms. The van der Waals surface area contributed by atoms with Crippen LogP contribution in [0.2, 0.25) is 0 Å². The molecule has 0 aromatic heterocycles. The van der Waals surface area contributed by atoms with Crippen molar-refractivity contribution in [3.05, 3.63) is 90.8 Å². The van der Waals surface area contributed by atoms with Crippen molar-refractivity contribution in [2.24, 2.45) is 4.99 Å². The minimum absolute atomic E-state index is 0.0505. The third kappa shape index (κ3) is 6.05. The van der Waals surface area contributed by atoms with Crippen molar-refractivity contribution in [2.75, 3.05) is 0 Å². The summed E-state index contributed by atoms with van der Waals surface area (Å²) in [6.07, 6.45) is 1.58. The Labute approximate surface area is 217 Å². The number of carbonyl (C=O) groups is 1. The van der Waals surface area contributed by atoms with E-state index in [2.05, 4.69) is 48.8 Å². The molecule has 0 atom stereocenters. The molecule has 1 aliphatic rings. The molecule has 0 unspecified atom stereocenters. The second-order valence-corrected chi connectivity index (χ2v) is 11.7. The Bertz CT molecular complexity index is 1390. The van der Waals surface area contributed by atoms with E-state index < -0.39 is 10.1 Å². The lowest BCUT2D eigenvalue weighted by Gasteiger charge is -2.10. The Kier molecular flexibility index (Phi) is 7.27. The van der Waals surface area contributed by atoms with Gasteiger partial charge in [-0.25, -0.2) is 4.99 Å². The Morgan fingerprint density at radius 3 is 2.45 bits per heavy atom. The summed E-state index contributed by atoms with van der Waals surface area (Å²) in [5.41, 5.74) is 2.10. The van der Waals surface area contributed by atoms with Gasteiger partial charge in [0.05, 0.1) is 10.6 Å². The molecule has 0 spiro atoms. The summed E-state index contributed by atoms with van der Waals surface area (Å²) >= 11 is 6.77. The molecule has 0 bridgehead atoms. The SMILES string of the molecule is Cc1ccc(S(=O)(=O)Oc2ccc(Br)cc2/C=C2/SC(=Nc3ccc(I)cc3)NC2=O)cc1. The van der Waals surface area contributed by atoms with Crippen LogP contribution in [-0.4, -0.2) is 19.5 Å². The second kappa shape index (κ2) is 10.00. The summed E-state index contributed by atoms with van der Waals surface area (Å²) in [7, 11) is -4.04. The van der Waals surface area contributed by atoms with Crippen LogP contribution >= 0.6 is 50.3 Å². The van der Waals surface area contributed by atoms with E-state index in [9.17, 15) is 13.2 Å². The average molecular weight is 655 g/mol. The van der Waals surface area contributed by atoms with E-state index in [1.807, 2.05) is 31.2 Å². The van der Waals surface area contributed by atoms with Crippen molar-refractivity contribution in [3.63, 3.8) is 0 Å². The zero-order chi connectivity index (χ0) is 23.6. The highest BCUT2D eigenvalue weighted by Crippen LogP contribution is 2.33. The maximum atomic E-state index is 12.8. The smallest absolute Gasteiger partial charge is 0.339 e. The van der Waals surface area contributed by atoms with Crippen LogP contribution in [0.15, 0.2) is 86.0 Å². The van der Waals surface area contributed by atoms with Crippen LogP contribution in [0.3, 0.4) is 0 Å². The highest BCUT2D eigenvalue weighted by atomic mass is 127. The van der Waals surface area contributed by atoms with Gasteiger partial charge >= 0.3 is 10.1 Å². The van der Waals surface area contributed by atoms with Gasteiger partial charge in [0, 0.05) is 13.6 Å². The van der Waals surface area contributed by atoms with Crippen LogP contribution in [0.1, 0.15) is 11.1 Å². The second-order valence-electron chi connectivity index (χ2n) is 6.99. The van der Waals surface area contributed by atoms with Crippen LogP contribution in [-0.2, 0) is 14.9 Å². The number of aliphatic imine (C=N–C) groups is 1. The summed E-state index contributed by atoms with van der Waals surface area (Å²) in [5.74, 6) is -0.209. The molecule has 6 nitrogen and oxygen atoms in total. The maximum absolute atomic E-state index is 12.8. The van der Waals surface area contributed by atoms with Gasteiger partial charge in [-0.1, -0.05) is 33.6 Å². The van der Waals surface area contributed by atoms with Crippen molar-refractivity contribution in [2.45, 2.75) is 11.8 Å². The lowest BCUT2D eigenvalue weighted by atomic mass is 10.2. The van der Waals surface area contributed by atoms with Gasteiger partial charge in [0.1, 0.15) is 10.6 Å². The number of hydrogen-bond donors (Lipinski definition) is 1. The highest BCUT2D eigenvalue weighted by Gasteiger charge is 2.25. The summed E-state index contributed by atoms with van der Waals surface area (Å²) < 4.78 is 32.8. The monoisotopic (exact) mass is 654 g/mol. The molecule has 1 aliphatic heterocycles. The predicted octanol–water partition coefficient (Wildman–Crippen LogP) is 6.02. The predicted molar refractivity (Wildman–Crippen MR) is 143 cm³/mol. The van der Waals surface area contributed by atoms with Gasteiger partial charge < -0.3 is 9.50 Å². The molecule has 1 heterocycles. The maximum Gasteiger partial charge on any atom is 0.339 e. The Morgan fingerprint density at radius 2 is 1.76 bits per heavy atom. The van der Waals surface area contributed by atoms with Crippen LogP contribution in [0.4, 0.5) is 5.69 Å². The van der Waals surface area contributed by atoms with Crippen molar-refractivity contribution in [3.8, 4) is 5.75 Å². The Hall–Kier alpha value is -2.15. The van der Waals surface area contributed by atoms with Gasteiger partial charge in [-0.05, 0) is 102 Å². The van der Waals surface area contributed by atoms with Crippen molar-refractivity contribution in [1.29, 1.82) is 0 Å². The molecule has 1 amide bonds. The first-order valence-electron chi connectivity index (χ1n) is 9.55. The Balaban J connectivity index is 1.63. The lowest BCUT2D eigenvalue weighted by molar-refractivity contribution is -0.115. The van der Waals surface area contributed by atoms with Gasteiger partial charge in [0.25, 0.3) is 5.91 Å². The van der Waals surface area contributed by atoms with Crippen LogP contribution < -0.4 is 9.50 Å². The van der Waals surface area contributed by atoms with Crippen molar-refractivity contribution in [1.82, 2.24) is 5.32 Å². The lowest BCUT2D eigenvalue weighted by Crippen LogP contribution is -2.19. The van der Waals surface area contributed by atoms with Crippen LogP contribution in [0.25, 0.3) is 6.08 Å². The molecule has 168 valence electrons. The molecule has 1 N–H and O–H groups in total. The molecular weight excluding hydrogens is 639 g/mol. The highest BCUT2D eigenvalue weighted by molar-refractivity contribution is 14.1. The minimum Gasteiger partial charge on any atom is -0.378 e. The quantitative estimate of drug-likeness (QED) is 0.207. The van der Waals surface area contributed by atoms with Gasteiger partial charge in [0.2, 0.25) is 0 Å². The van der Waals surface area contributed by atoms with Crippen molar-refractivity contribution < 1.29 is 17.4 Å². The Morgan fingerprint density at radius 1 is 1.06 bits per heavy atom. The fourth-order valence-electron chi connectivity index (χ4n) is 2.83. The van der Waals surface area contributed by atoms with E-state index in [0.717, 1.165) is 14.8 Å². The molecule has 0 aliphatic carbocycles. The molecule has 0 radical (unpaired) electrons. The number of nitrogens with one attached hydrogen (secondary N) is 1. The van der Waals surface area contributed by atoms with E-state index in [0.29, 0.717) is 20.1 Å². The number of carbonyl (C=O) groups excluding carboxylic acids is 1. The minimum atomic E-state index is -4.04. The zero-order valence-corrected chi connectivity index (χ0v) is 22.5. The van der Waals surface area contributed by atoms with Gasteiger partial charge in [0.15, 0.2) is 5.17 Å². The summed E-state index contributed by atoms with van der Waals surface area (Å²) in [6, 6.07) is 18.9. The van der Waals surface area contributed by atoms with E-state index >= 15 is 0 Å². The average Bonchev–Trinajstić information content (AvgIpc) is 3.10. The van der Waals surface area contributed by atoms with Crippen LogP contribution in [0, 0.1) is 10.5 Å². The number of hydrogen-bond acceptors (Lipinski definition) is 6. The number of aryl methyl sites for hydroxylation is 1.